The largest absolute Gasteiger partial charge is 0.490 e. The lowest BCUT2D eigenvalue weighted by Crippen LogP contribution is -2.26. The van der Waals surface area contributed by atoms with Crippen LogP contribution < -0.4 is 19.5 Å². The first-order valence-corrected chi connectivity index (χ1v) is 12.0. The van der Waals surface area contributed by atoms with Gasteiger partial charge >= 0.3 is 5.97 Å². The zero-order valence-corrected chi connectivity index (χ0v) is 20.3. The number of carbonyl (C=O) groups excluding carboxylic acids is 2. The molecule has 0 spiro atoms. The number of hydrogen-bond acceptors (Lipinski definition) is 10. The van der Waals surface area contributed by atoms with Crippen LogP contribution in [0.2, 0.25) is 0 Å². The first kappa shape index (κ1) is 26.3. The van der Waals surface area contributed by atoms with Crippen LogP contribution in [0.1, 0.15) is 40.5 Å². The fourth-order valence-corrected chi connectivity index (χ4v) is 3.36. The van der Waals surface area contributed by atoms with E-state index in [0.29, 0.717) is 62.2 Å². The SMILES string of the molecule is CCOC(=O)CCCNC(=O)CSc1nnc(-c2cc(OCC)c(OCC)c(OCC)c2)o1. The number of amides is 1. The zero-order valence-electron chi connectivity index (χ0n) is 19.5. The van der Waals surface area contributed by atoms with E-state index >= 15 is 0 Å². The van der Waals surface area contributed by atoms with Gasteiger partial charge in [0.05, 0.1) is 32.2 Å². The molecule has 11 heteroatoms. The van der Waals surface area contributed by atoms with Crippen LogP contribution in [0.15, 0.2) is 21.8 Å². The van der Waals surface area contributed by atoms with E-state index in [1.54, 1.807) is 19.1 Å². The standard InChI is InChI=1S/C22H31N3O7S/c1-5-28-16-12-15(13-17(29-6-2)20(16)31-8-4)21-24-25-22(32-21)33-14-18(26)23-11-9-10-19(27)30-7-3/h12-13H,5-11,14H2,1-4H3,(H,23,26). The summed E-state index contributed by atoms with van der Waals surface area (Å²) in [6.07, 6.45) is 0.784. The van der Waals surface area contributed by atoms with Crippen LogP contribution in [-0.2, 0) is 14.3 Å². The van der Waals surface area contributed by atoms with E-state index in [-0.39, 0.29) is 35.2 Å². The Balaban J connectivity index is 1.98. The van der Waals surface area contributed by atoms with Crippen molar-refractivity contribution >= 4 is 23.6 Å². The lowest BCUT2D eigenvalue weighted by atomic mass is 10.2. The molecule has 182 valence electrons. The van der Waals surface area contributed by atoms with Crippen LogP contribution >= 0.6 is 11.8 Å². The van der Waals surface area contributed by atoms with Crippen LogP contribution in [0, 0.1) is 0 Å². The molecule has 0 bridgehead atoms. The van der Waals surface area contributed by atoms with Gasteiger partial charge in [-0.05, 0) is 46.2 Å². The fraction of sp³-hybridized carbons (Fsp3) is 0.545. The molecule has 0 unspecified atom stereocenters. The number of benzene rings is 1. The van der Waals surface area contributed by atoms with Gasteiger partial charge in [0, 0.05) is 18.5 Å². The Labute approximate surface area is 197 Å². The second-order valence-electron chi connectivity index (χ2n) is 6.52. The van der Waals surface area contributed by atoms with Gasteiger partial charge in [-0.3, -0.25) is 9.59 Å². The van der Waals surface area contributed by atoms with Crippen molar-refractivity contribution in [2.75, 3.05) is 38.7 Å². The first-order chi connectivity index (χ1) is 16.0. The molecule has 1 N–H and O–H groups in total. The summed E-state index contributed by atoms with van der Waals surface area (Å²) >= 11 is 1.13. The fourth-order valence-electron chi connectivity index (χ4n) is 2.77. The lowest BCUT2D eigenvalue weighted by Gasteiger charge is -2.16. The second kappa shape index (κ2) is 14.2. The highest BCUT2D eigenvalue weighted by Gasteiger charge is 2.19. The van der Waals surface area contributed by atoms with Crippen molar-refractivity contribution in [2.45, 2.75) is 45.8 Å². The van der Waals surface area contributed by atoms with Gasteiger partial charge in [-0.1, -0.05) is 11.8 Å². The summed E-state index contributed by atoms with van der Waals surface area (Å²) < 4.78 is 27.7. The highest BCUT2D eigenvalue weighted by Crippen LogP contribution is 2.42. The van der Waals surface area contributed by atoms with Gasteiger partial charge in [0.1, 0.15) is 0 Å². The molecular weight excluding hydrogens is 450 g/mol. The van der Waals surface area contributed by atoms with Crippen LogP contribution in [-0.4, -0.2) is 60.8 Å². The minimum absolute atomic E-state index is 0.110. The molecule has 0 saturated carbocycles. The second-order valence-corrected chi connectivity index (χ2v) is 7.45. The number of carbonyl (C=O) groups is 2. The Morgan fingerprint density at radius 2 is 1.64 bits per heavy atom. The molecule has 1 aromatic carbocycles. The number of rotatable bonds is 15. The lowest BCUT2D eigenvalue weighted by molar-refractivity contribution is -0.143. The van der Waals surface area contributed by atoms with Crippen molar-refractivity contribution in [3.63, 3.8) is 0 Å². The summed E-state index contributed by atoms with van der Waals surface area (Å²) in [5, 5.41) is 11.1. The van der Waals surface area contributed by atoms with Crippen LogP contribution in [0.3, 0.4) is 0 Å². The van der Waals surface area contributed by atoms with Gasteiger partial charge in [-0.25, -0.2) is 0 Å². The minimum Gasteiger partial charge on any atom is -0.490 e. The molecule has 1 heterocycles. The van der Waals surface area contributed by atoms with E-state index in [1.165, 1.54) is 0 Å². The average molecular weight is 482 g/mol. The smallest absolute Gasteiger partial charge is 0.305 e. The van der Waals surface area contributed by atoms with E-state index in [9.17, 15) is 9.59 Å². The van der Waals surface area contributed by atoms with E-state index in [4.69, 9.17) is 23.4 Å². The molecule has 0 atom stereocenters. The number of thioether (sulfide) groups is 1. The molecular formula is C22H31N3O7S. The van der Waals surface area contributed by atoms with Crippen LogP contribution in [0.5, 0.6) is 17.2 Å². The monoisotopic (exact) mass is 481 g/mol. The van der Waals surface area contributed by atoms with Crippen molar-refractivity contribution in [2.24, 2.45) is 0 Å². The molecule has 0 saturated heterocycles. The maximum atomic E-state index is 12.0. The number of esters is 1. The summed E-state index contributed by atoms with van der Waals surface area (Å²) in [4.78, 5) is 23.3. The van der Waals surface area contributed by atoms with Crippen molar-refractivity contribution in [3.05, 3.63) is 12.1 Å². The summed E-state index contributed by atoms with van der Waals surface area (Å²) in [5.74, 6) is 1.50. The van der Waals surface area contributed by atoms with E-state index in [0.717, 1.165) is 11.8 Å². The summed E-state index contributed by atoms with van der Waals surface area (Å²) in [6, 6.07) is 3.52. The van der Waals surface area contributed by atoms with Gasteiger partial charge in [0.2, 0.25) is 17.5 Å². The van der Waals surface area contributed by atoms with Crippen molar-refractivity contribution in [3.8, 4) is 28.7 Å². The Kier molecular flexibility index (Phi) is 11.4. The molecule has 1 aromatic heterocycles. The molecule has 0 fully saturated rings. The third kappa shape index (κ3) is 8.49. The molecule has 0 radical (unpaired) electrons. The van der Waals surface area contributed by atoms with Gasteiger partial charge in [-0.2, -0.15) is 0 Å². The van der Waals surface area contributed by atoms with Crippen molar-refractivity contribution in [1.29, 1.82) is 0 Å². The van der Waals surface area contributed by atoms with Crippen LogP contribution in [0.25, 0.3) is 11.5 Å². The molecule has 1 amide bonds. The molecule has 2 rings (SSSR count). The highest BCUT2D eigenvalue weighted by molar-refractivity contribution is 7.99. The third-order valence-electron chi connectivity index (χ3n) is 4.07. The third-order valence-corrected chi connectivity index (χ3v) is 4.89. The van der Waals surface area contributed by atoms with Crippen LogP contribution in [0.4, 0.5) is 0 Å². The number of ether oxygens (including phenoxy) is 4. The molecule has 10 nitrogen and oxygen atoms in total. The minimum atomic E-state index is -0.270. The Morgan fingerprint density at radius 1 is 0.970 bits per heavy atom. The quantitative estimate of drug-likeness (QED) is 0.230. The molecule has 0 aliphatic rings. The Bertz CT molecular complexity index is 877. The zero-order chi connectivity index (χ0) is 24.1. The Morgan fingerprint density at radius 3 is 2.24 bits per heavy atom. The summed E-state index contributed by atoms with van der Waals surface area (Å²) in [5.41, 5.74) is 0.619. The molecule has 0 aliphatic heterocycles. The predicted molar refractivity (Wildman–Crippen MR) is 123 cm³/mol. The number of aromatic nitrogens is 2. The molecule has 0 aliphatic carbocycles. The average Bonchev–Trinajstić information content (AvgIpc) is 3.27. The predicted octanol–water partition coefficient (Wildman–Crippen LogP) is 3.48. The maximum absolute atomic E-state index is 12.0. The summed E-state index contributed by atoms with van der Waals surface area (Å²) in [6.45, 7) is 9.52. The topological polar surface area (TPSA) is 122 Å². The van der Waals surface area contributed by atoms with Gasteiger partial charge in [0.15, 0.2) is 11.5 Å². The molecule has 33 heavy (non-hydrogen) atoms. The molecule has 2 aromatic rings. The van der Waals surface area contributed by atoms with E-state index in [2.05, 4.69) is 15.5 Å². The number of nitrogens with one attached hydrogen (secondary N) is 1. The number of nitrogens with zero attached hydrogens (tertiary/aromatic N) is 2. The van der Waals surface area contributed by atoms with Crippen molar-refractivity contribution < 1.29 is 33.0 Å². The normalized spacial score (nSPS) is 10.5. The van der Waals surface area contributed by atoms with E-state index < -0.39 is 0 Å². The number of hydrogen-bond donors (Lipinski definition) is 1. The Hall–Kier alpha value is -2.95. The highest BCUT2D eigenvalue weighted by atomic mass is 32.2. The maximum Gasteiger partial charge on any atom is 0.305 e. The van der Waals surface area contributed by atoms with Gasteiger partial charge < -0.3 is 28.7 Å². The summed E-state index contributed by atoms with van der Waals surface area (Å²) in [7, 11) is 0. The van der Waals surface area contributed by atoms with Crippen molar-refractivity contribution in [1.82, 2.24) is 15.5 Å². The first-order valence-electron chi connectivity index (χ1n) is 11.0. The van der Waals surface area contributed by atoms with Gasteiger partial charge in [0.25, 0.3) is 5.22 Å². The van der Waals surface area contributed by atoms with Gasteiger partial charge in [-0.15, -0.1) is 10.2 Å². The van der Waals surface area contributed by atoms with E-state index in [1.807, 2.05) is 20.8 Å².